The van der Waals surface area contributed by atoms with E-state index in [1.54, 1.807) is 30.9 Å². The van der Waals surface area contributed by atoms with Crippen LogP contribution < -0.4 is 10.2 Å². The van der Waals surface area contributed by atoms with Gasteiger partial charge in [0.15, 0.2) is 0 Å². The topological polar surface area (TPSA) is 92.6 Å². The fourth-order valence-corrected chi connectivity index (χ4v) is 2.98. The van der Waals surface area contributed by atoms with E-state index in [0.717, 1.165) is 37.0 Å². The largest absolute Gasteiger partial charge is 0.340 e. The van der Waals surface area contributed by atoms with Crippen molar-refractivity contribution in [2.24, 2.45) is 0 Å². The number of nitrogens with one attached hydrogen (secondary N) is 1. The van der Waals surface area contributed by atoms with Gasteiger partial charge in [-0.05, 0) is 25.5 Å². The summed E-state index contributed by atoms with van der Waals surface area (Å²) < 4.78 is 0. The van der Waals surface area contributed by atoms with Crippen LogP contribution in [0.25, 0.3) is 0 Å². The molecule has 25 heavy (non-hydrogen) atoms. The van der Waals surface area contributed by atoms with Crippen molar-refractivity contribution >= 4 is 17.7 Å². The molecule has 0 radical (unpaired) electrons. The molecule has 0 saturated carbocycles. The minimum absolute atomic E-state index is 0.322. The first kappa shape index (κ1) is 15.4. The molecule has 0 spiro atoms. The van der Waals surface area contributed by atoms with Gasteiger partial charge < -0.3 is 10.2 Å². The van der Waals surface area contributed by atoms with Crippen molar-refractivity contribution < 1.29 is 0 Å². The van der Waals surface area contributed by atoms with E-state index in [4.69, 9.17) is 0 Å². The lowest BCUT2D eigenvalue weighted by Crippen LogP contribution is -2.21. The van der Waals surface area contributed by atoms with Gasteiger partial charge in [0.25, 0.3) is 0 Å². The second-order valence-corrected chi connectivity index (χ2v) is 5.90. The Kier molecular flexibility index (Phi) is 4.16. The van der Waals surface area contributed by atoms with Crippen molar-refractivity contribution in [2.75, 3.05) is 23.3 Å². The third kappa shape index (κ3) is 3.52. The first-order chi connectivity index (χ1) is 12.3. The number of anilines is 3. The lowest BCUT2D eigenvalue weighted by atomic mass is 10.0. The Bertz CT molecular complexity index is 840. The Morgan fingerprint density at radius 3 is 2.48 bits per heavy atom. The Hall–Kier alpha value is -3.16. The Labute approximate surface area is 145 Å². The lowest BCUT2D eigenvalue weighted by molar-refractivity contribution is 0.732. The molecule has 0 unspecified atom stereocenters. The zero-order valence-electron chi connectivity index (χ0n) is 13.9. The highest BCUT2D eigenvalue weighted by molar-refractivity contribution is 5.48. The van der Waals surface area contributed by atoms with E-state index in [1.165, 1.54) is 0 Å². The van der Waals surface area contributed by atoms with Crippen LogP contribution in [-0.4, -0.2) is 43.0 Å². The van der Waals surface area contributed by atoms with Gasteiger partial charge in [0.1, 0.15) is 11.6 Å². The molecule has 3 aromatic heterocycles. The van der Waals surface area contributed by atoms with Crippen LogP contribution in [0.5, 0.6) is 0 Å². The number of aryl methyl sites for hydroxylation is 1. The molecule has 1 saturated heterocycles. The molecule has 0 amide bonds. The molecule has 1 atom stereocenters. The third-order valence-corrected chi connectivity index (χ3v) is 4.10. The molecular formula is C17H18N8. The van der Waals surface area contributed by atoms with Gasteiger partial charge in [0, 0.05) is 49.9 Å². The molecule has 1 fully saturated rings. The highest BCUT2D eigenvalue weighted by atomic mass is 15.3. The predicted octanol–water partition coefficient (Wildman–Crippen LogP) is 2.10. The van der Waals surface area contributed by atoms with Crippen LogP contribution in [0.1, 0.15) is 23.9 Å². The number of aromatic nitrogens is 6. The maximum absolute atomic E-state index is 4.63. The van der Waals surface area contributed by atoms with Crippen LogP contribution in [0.3, 0.4) is 0 Å². The number of nitrogens with zero attached hydrogens (tertiary/aromatic N) is 7. The quantitative estimate of drug-likeness (QED) is 0.775. The minimum Gasteiger partial charge on any atom is -0.340 e. The van der Waals surface area contributed by atoms with Gasteiger partial charge in [-0.3, -0.25) is 0 Å². The van der Waals surface area contributed by atoms with Gasteiger partial charge in [-0.25, -0.2) is 29.9 Å². The summed E-state index contributed by atoms with van der Waals surface area (Å²) in [4.78, 5) is 28.3. The molecule has 4 heterocycles. The number of hydrogen-bond donors (Lipinski definition) is 1. The first-order valence-corrected chi connectivity index (χ1v) is 8.19. The van der Waals surface area contributed by atoms with E-state index in [1.807, 2.05) is 19.1 Å². The van der Waals surface area contributed by atoms with Crippen molar-refractivity contribution in [1.82, 2.24) is 29.9 Å². The SMILES string of the molecule is Cc1nc(Nc2ncccn2)cc([C@H]2CCN(c3ncccn3)C2)n1. The molecule has 1 N–H and O–H groups in total. The summed E-state index contributed by atoms with van der Waals surface area (Å²) in [6.07, 6.45) is 7.94. The molecule has 0 aromatic carbocycles. The third-order valence-electron chi connectivity index (χ3n) is 4.10. The average Bonchev–Trinajstić information content (AvgIpc) is 3.13. The Morgan fingerprint density at radius 2 is 1.72 bits per heavy atom. The van der Waals surface area contributed by atoms with Crippen molar-refractivity contribution in [2.45, 2.75) is 19.3 Å². The molecule has 0 aliphatic carbocycles. The second-order valence-electron chi connectivity index (χ2n) is 5.90. The van der Waals surface area contributed by atoms with Gasteiger partial charge in [-0.1, -0.05) is 0 Å². The van der Waals surface area contributed by atoms with Crippen LogP contribution in [0.2, 0.25) is 0 Å². The zero-order valence-corrected chi connectivity index (χ0v) is 13.9. The molecule has 4 rings (SSSR count). The van der Waals surface area contributed by atoms with Crippen LogP contribution in [0, 0.1) is 6.92 Å². The fraction of sp³-hybridized carbons (Fsp3) is 0.294. The summed E-state index contributed by atoms with van der Waals surface area (Å²) in [5, 5.41) is 3.14. The summed E-state index contributed by atoms with van der Waals surface area (Å²) in [5.41, 5.74) is 1.02. The highest BCUT2D eigenvalue weighted by Gasteiger charge is 2.27. The fourth-order valence-electron chi connectivity index (χ4n) is 2.98. The van der Waals surface area contributed by atoms with Gasteiger partial charge in [0.05, 0.1) is 5.69 Å². The maximum atomic E-state index is 4.63. The van der Waals surface area contributed by atoms with E-state index in [2.05, 4.69) is 40.1 Å². The minimum atomic E-state index is 0.322. The summed E-state index contributed by atoms with van der Waals surface area (Å²) in [6.45, 7) is 3.66. The Morgan fingerprint density at radius 1 is 1.00 bits per heavy atom. The summed E-state index contributed by atoms with van der Waals surface area (Å²) in [6, 6.07) is 5.58. The van der Waals surface area contributed by atoms with Crippen molar-refractivity contribution in [3.05, 3.63) is 54.5 Å². The van der Waals surface area contributed by atoms with Crippen molar-refractivity contribution in [3.63, 3.8) is 0 Å². The zero-order chi connectivity index (χ0) is 17.1. The van der Waals surface area contributed by atoms with Crippen molar-refractivity contribution in [1.29, 1.82) is 0 Å². The number of rotatable bonds is 4. The summed E-state index contributed by atoms with van der Waals surface area (Å²) in [7, 11) is 0. The second kappa shape index (κ2) is 6.76. The molecule has 8 heteroatoms. The van der Waals surface area contributed by atoms with Crippen LogP contribution in [0.4, 0.5) is 17.7 Å². The van der Waals surface area contributed by atoms with E-state index < -0.39 is 0 Å². The average molecular weight is 334 g/mol. The number of hydrogen-bond acceptors (Lipinski definition) is 8. The lowest BCUT2D eigenvalue weighted by Gasteiger charge is -2.16. The molecule has 1 aliphatic heterocycles. The molecule has 126 valence electrons. The summed E-state index contributed by atoms with van der Waals surface area (Å²) in [5.74, 6) is 3.06. The van der Waals surface area contributed by atoms with E-state index in [9.17, 15) is 0 Å². The van der Waals surface area contributed by atoms with Gasteiger partial charge >= 0.3 is 0 Å². The molecule has 8 nitrogen and oxygen atoms in total. The predicted molar refractivity (Wildman–Crippen MR) is 93.7 cm³/mol. The van der Waals surface area contributed by atoms with Gasteiger partial charge in [0.2, 0.25) is 11.9 Å². The first-order valence-electron chi connectivity index (χ1n) is 8.19. The van der Waals surface area contributed by atoms with Crippen LogP contribution >= 0.6 is 0 Å². The van der Waals surface area contributed by atoms with E-state index in [0.29, 0.717) is 17.7 Å². The molecule has 3 aromatic rings. The van der Waals surface area contributed by atoms with Gasteiger partial charge in [-0.2, -0.15) is 0 Å². The molecular weight excluding hydrogens is 316 g/mol. The van der Waals surface area contributed by atoms with Gasteiger partial charge in [-0.15, -0.1) is 0 Å². The summed E-state index contributed by atoms with van der Waals surface area (Å²) >= 11 is 0. The standard InChI is InChI=1S/C17H18N8/c1-12-22-14(10-15(23-12)24-16-18-5-2-6-19-16)13-4-9-25(11-13)17-20-7-3-8-21-17/h2-3,5-8,10,13H,4,9,11H2,1H3,(H,18,19,22,23,24)/t13-/m0/s1. The molecule has 1 aliphatic rings. The Balaban J connectivity index is 1.53. The van der Waals surface area contributed by atoms with E-state index in [-0.39, 0.29) is 0 Å². The highest BCUT2D eigenvalue weighted by Crippen LogP contribution is 2.29. The smallest absolute Gasteiger partial charge is 0.228 e. The maximum Gasteiger partial charge on any atom is 0.228 e. The van der Waals surface area contributed by atoms with E-state index >= 15 is 0 Å². The van der Waals surface area contributed by atoms with Crippen molar-refractivity contribution in [3.8, 4) is 0 Å². The molecule has 0 bridgehead atoms. The monoisotopic (exact) mass is 334 g/mol. The van der Waals surface area contributed by atoms with Crippen LogP contribution in [-0.2, 0) is 0 Å². The normalized spacial score (nSPS) is 16.8. The van der Waals surface area contributed by atoms with Crippen LogP contribution in [0.15, 0.2) is 43.0 Å².